The van der Waals surface area contributed by atoms with Crippen molar-refractivity contribution in [3.63, 3.8) is 0 Å². The molecule has 0 heterocycles. The summed E-state index contributed by atoms with van der Waals surface area (Å²) < 4.78 is 0. The number of carbonyl (C=O) groups is 1. The first kappa shape index (κ1) is 17.0. The number of hydrogen-bond donors (Lipinski definition) is 4. The smallest absolute Gasteiger partial charge is 0.251 e. The Balaban J connectivity index is 2.05. The van der Waals surface area contributed by atoms with Gasteiger partial charge in [-0.25, -0.2) is 4.99 Å². The SMILES string of the molecule is CC(NC(=O)c1ccc(N=C(N)N=C(N)N)cc1)c1ccccc1. The lowest BCUT2D eigenvalue weighted by molar-refractivity contribution is 0.0940. The fourth-order valence-corrected chi connectivity index (χ4v) is 2.08. The van der Waals surface area contributed by atoms with Gasteiger partial charge in [0.2, 0.25) is 5.96 Å². The van der Waals surface area contributed by atoms with Crippen LogP contribution in [0.2, 0.25) is 0 Å². The monoisotopic (exact) mass is 324 g/mol. The van der Waals surface area contributed by atoms with Gasteiger partial charge in [0.15, 0.2) is 5.96 Å². The van der Waals surface area contributed by atoms with E-state index in [1.165, 1.54) is 0 Å². The largest absolute Gasteiger partial charge is 0.370 e. The number of carbonyl (C=O) groups excluding carboxylic acids is 1. The van der Waals surface area contributed by atoms with Crippen LogP contribution in [-0.4, -0.2) is 17.8 Å². The van der Waals surface area contributed by atoms with E-state index in [4.69, 9.17) is 17.2 Å². The van der Waals surface area contributed by atoms with Crippen LogP contribution in [0.4, 0.5) is 5.69 Å². The molecule has 124 valence electrons. The molecule has 0 bridgehead atoms. The number of nitrogens with two attached hydrogens (primary N) is 3. The Hall–Kier alpha value is -3.35. The molecule has 1 atom stereocenters. The van der Waals surface area contributed by atoms with E-state index in [1.54, 1.807) is 24.3 Å². The lowest BCUT2D eigenvalue weighted by atomic mass is 10.1. The van der Waals surface area contributed by atoms with Crippen molar-refractivity contribution in [2.24, 2.45) is 27.2 Å². The van der Waals surface area contributed by atoms with Crippen LogP contribution in [0, 0.1) is 0 Å². The van der Waals surface area contributed by atoms with Gasteiger partial charge in [-0.3, -0.25) is 4.79 Å². The van der Waals surface area contributed by atoms with Crippen LogP contribution < -0.4 is 22.5 Å². The van der Waals surface area contributed by atoms with Gasteiger partial charge in [0.05, 0.1) is 11.7 Å². The van der Waals surface area contributed by atoms with Crippen LogP contribution in [0.5, 0.6) is 0 Å². The van der Waals surface area contributed by atoms with Crippen molar-refractivity contribution in [1.82, 2.24) is 5.32 Å². The predicted molar refractivity (Wildman–Crippen MR) is 95.9 cm³/mol. The number of nitrogens with one attached hydrogen (secondary N) is 1. The Morgan fingerprint density at radius 2 is 1.62 bits per heavy atom. The standard InChI is InChI=1S/C17H20N6O/c1-11(12-5-3-2-4-6-12)21-15(24)13-7-9-14(10-8-13)22-17(20)23-16(18)19/h2-11H,1H3,(H,21,24)(H6,18,19,20,22,23). The maximum atomic E-state index is 12.3. The summed E-state index contributed by atoms with van der Waals surface area (Å²) in [6, 6.07) is 16.3. The quantitative estimate of drug-likeness (QED) is 0.500. The van der Waals surface area contributed by atoms with E-state index < -0.39 is 0 Å². The zero-order valence-corrected chi connectivity index (χ0v) is 13.3. The number of aliphatic imine (C=N–C) groups is 2. The molecule has 24 heavy (non-hydrogen) atoms. The summed E-state index contributed by atoms with van der Waals surface area (Å²) in [5, 5.41) is 2.94. The summed E-state index contributed by atoms with van der Waals surface area (Å²) in [7, 11) is 0. The van der Waals surface area contributed by atoms with Crippen LogP contribution in [0.15, 0.2) is 64.6 Å². The third-order valence-electron chi connectivity index (χ3n) is 3.26. The molecule has 0 aromatic heterocycles. The number of guanidine groups is 2. The molecule has 0 spiro atoms. The predicted octanol–water partition coefficient (Wildman–Crippen LogP) is 1.40. The molecular formula is C17H20N6O. The third-order valence-corrected chi connectivity index (χ3v) is 3.26. The minimum absolute atomic E-state index is 0.0510. The van der Waals surface area contributed by atoms with E-state index in [0.717, 1.165) is 5.56 Å². The van der Waals surface area contributed by atoms with Gasteiger partial charge in [0.1, 0.15) is 0 Å². The summed E-state index contributed by atoms with van der Waals surface area (Å²) in [5.74, 6) is -0.383. The first-order chi connectivity index (χ1) is 11.5. The molecule has 0 fully saturated rings. The first-order valence-electron chi connectivity index (χ1n) is 7.35. The molecular weight excluding hydrogens is 304 g/mol. The summed E-state index contributed by atoms with van der Waals surface area (Å²) in [4.78, 5) is 19.9. The number of amides is 1. The van der Waals surface area contributed by atoms with Crippen molar-refractivity contribution in [3.05, 3.63) is 65.7 Å². The molecule has 2 aromatic carbocycles. The fourth-order valence-electron chi connectivity index (χ4n) is 2.08. The number of rotatable bonds is 4. The number of hydrogen-bond acceptors (Lipinski definition) is 2. The van der Waals surface area contributed by atoms with Crippen LogP contribution in [0.25, 0.3) is 0 Å². The molecule has 2 aromatic rings. The highest BCUT2D eigenvalue weighted by molar-refractivity contribution is 5.95. The maximum absolute atomic E-state index is 12.3. The second kappa shape index (κ2) is 7.77. The van der Waals surface area contributed by atoms with Crippen molar-refractivity contribution in [3.8, 4) is 0 Å². The molecule has 0 aliphatic carbocycles. The summed E-state index contributed by atoms with van der Waals surface area (Å²) in [5.41, 5.74) is 18.1. The van der Waals surface area contributed by atoms with Gasteiger partial charge in [-0.2, -0.15) is 4.99 Å². The van der Waals surface area contributed by atoms with E-state index in [2.05, 4.69) is 15.3 Å². The average Bonchev–Trinajstić information content (AvgIpc) is 2.55. The van der Waals surface area contributed by atoms with E-state index in [1.807, 2.05) is 37.3 Å². The minimum atomic E-state index is -0.168. The zero-order chi connectivity index (χ0) is 17.5. The van der Waals surface area contributed by atoms with Crippen molar-refractivity contribution in [1.29, 1.82) is 0 Å². The molecule has 2 rings (SSSR count). The van der Waals surface area contributed by atoms with E-state index >= 15 is 0 Å². The lowest BCUT2D eigenvalue weighted by Gasteiger charge is -2.14. The van der Waals surface area contributed by atoms with Crippen LogP contribution in [0.3, 0.4) is 0 Å². The lowest BCUT2D eigenvalue weighted by Crippen LogP contribution is -2.26. The van der Waals surface area contributed by atoms with Gasteiger partial charge >= 0.3 is 0 Å². The van der Waals surface area contributed by atoms with Crippen LogP contribution >= 0.6 is 0 Å². The molecule has 7 nitrogen and oxygen atoms in total. The first-order valence-corrected chi connectivity index (χ1v) is 7.35. The average molecular weight is 324 g/mol. The number of benzene rings is 2. The van der Waals surface area contributed by atoms with Crippen molar-refractivity contribution >= 4 is 23.5 Å². The Morgan fingerprint density at radius 1 is 1.00 bits per heavy atom. The van der Waals surface area contributed by atoms with Gasteiger partial charge in [0.25, 0.3) is 5.91 Å². The summed E-state index contributed by atoms with van der Waals surface area (Å²) >= 11 is 0. The summed E-state index contributed by atoms with van der Waals surface area (Å²) in [6.45, 7) is 1.93. The molecule has 0 aliphatic heterocycles. The normalized spacial score (nSPS) is 12.3. The maximum Gasteiger partial charge on any atom is 0.251 e. The molecule has 0 radical (unpaired) electrons. The minimum Gasteiger partial charge on any atom is -0.370 e. The molecule has 1 amide bonds. The topological polar surface area (TPSA) is 132 Å². The van der Waals surface area contributed by atoms with E-state index in [0.29, 0.717) is 11.3 Å². The van der Waals surface area contributed by atoms with Crippen molar-refractivity contribution in [2.45, 2.75) is 13.0 Å². The summed E-state index contributed by atoms with van der Waals surface area (Å²) in [6.07, 6.45) is 0. The third kappa shape index (κ3) is 4.84. The highest BCUT2D eigenvalue weighted by Gasteiger charge is 2.11. The second-order valence-corrected chi connectivity index (χ2v) is 5.16. The molecule has 0 aliphatic rings. The van der Waals surface area contributed by atoms with Gasteiger partial charge in [0, 0.05) is 5.56 Å². The van der Waals surface area contributed by atoms with E-state index in [9.17, 15) is 4.79 Å². The molecule has 7 N–H and O–H groups in total. The van der Waals surface area contributed by atoms with Gasteiger partial charge < -0.3 is 22.5 Å². The van der Waals surface area contributed by atoms with Crippen molar-refractivity contribution in [2.75, 3.05) is 0 Å². The Bertz CT molecular complexity index is 748. The van der Waals surface area contributed by atoms with Crippen molar-refractivity contribution < 1.29 is 4.79 Å². The Morgan fingerprint density at radius 3 is 2.21 bits per heavy atom. The Kier molecular flexibility index (Phi) is 5.51. The molecule has 0 saturated carbocycles. The number of nitrogens with zero attached hydrogens (tertiary/aromatic N) is 2. The van der Waals surface area contributed by atoms with Gasteiger partial charge in [-0.1, -0.05) is 30.3 Å². The van der Waals surface area contributed by atoms with Crippen LogP contribution in [0.1, 0.15) is 28.9 Å². The van der Waals surface area contributed by atoms with Gasteiger partial charge in [-0.15, -0.1) is 0 Å². The second-order valence-electron chi connectivity index (χ2n) is 5.16. The highest BCUT2D eigenvalue weighted by atomic mass is 16.1. The molecule has 0 saturated heterocycles. The Labute approximate surface area is 140 Å². The van der Waals surface area contributed by atoms with E-state index in [-0.39, 0.29) is 23.9 Å². The van der Waals surface area contributed by atoms with Gasteiger partial charge in [-0.05, 0) is 36.8 Å². The zero-order valence-electron chi connectivity index (χ0n) is 13.3. The highest BCUT2D eigenvalue weighted by Crippen LogP contribution is 2.15. The van der Waals surface area contributed by atoms with Crippen LogP contribution in [-0.2, 0) is 0 Å². The molecule has 1 unspecified atom stereocenters. The molecule has 7 heteroatoms. The fraction of sp³-hybridized carbons (Fsp3) is 0.118.